The van der Waals surface area contributed by atoms with Gasteiger partial charge < -0.3 is 15.7 Å². The topological polar surface area (TPSA) is 56.7 Å². The van der Waals surface area contributed by atoms with Gasteiger partial charge in [-0.1, -0.05) is 18.6 Å². The molecule has 130 valence electrons. The van der Waals surface area contributed by atoms with Gasteiger partial charge in [0.05, 0.1) is 6.10 Å². The Morgan fingerprint density at radius 2 is 2.00 bits per heavy atom. The zero-order chi connectivity index (χ0) is 15.8. The molecule has 23 heavy (non-hydrogen) atoms. The van der Waals surface area contributed by atoms with Gasteiger partial charge in [-0.15, -0.1) is 24.0 Å². The number of hydrogen-bond donors (Lipinski definition) is 3. The number of rotatable bonds is 6. The van der Waals surface area contributed by atoms with Crippen molar-refractivity contribution >= 4 is 29.9 Å². The van der Waals surface area contributed by atoms with Crippen LogP contribution in [0.25, 0.3) is 0 Å². The van der Waals surface area contributed by atoms with Crippen LogP contribution in [0.5, 0.6) is 0 Å². The molecule has 1 aromatic carbocycles. The largest absolute Gasteiger partial charge is 0.393 e. The van der Waals surface area contributed by atoms with Gasteiger partial charge in [-0.05, 0) is 43.9 Å². The van der Waals surface area contributed by atoms with Gasteiger partial charge in [0, 0.05) is 25.6 Å². The molecule has 2 unspecified atom stereocenters. The molecule has 1 aliphatic rings. The van der Waals surface area contributed by atoms with Gasteiger partial charge in [0.15, 0.2) is 5.96 Å². The Balaban J connectivity index is 0.00000264. The predicted octanol–water partition coefficient (Wildman–Crippen LogP) is 2.70. The summed E-state index contributed by atoms with van der Waals surface area (Å²) in [4.78, 5) is 4.57. The van der Waals surface area contributed by atoms with Crippen LogP contribution in [0.4, 0.5) is 4.39 Å². The van der Waals surface area contributed by atoms with Crippen molar-refractivity contribution in [1.29, 1.82) is 0 Å². The van der Waals surface area contributed by atoms with Crippen LogP contribution < -0.4 is 10.6 Å². The first kappa shape index (κ1) is 20.2. The first-order chi connectivity index (χ1) is 10.7. The van der Waals surface area contributed by atoms with Crippen LogP contribution in [-0.2, 0) is 6.42 Å². The molecule has 1 fully saturated rings. The molecular weight excluding hydrogens is 408 g/mol. The minimum Gasteiger partial charge on any atom is -0.393 e. The number of aliphatic imine (C=N–C) groups is 1. The molecule has 0 saturated heterocycles. The second-order valence-corrected chi connectivity index (χ2v) is 5.78. The molecule has 0 heterocycles. The van der Waals surface area contributed by atoms with Gasteiger partial charge in [-0.3, -0.25) is 4.99 Å². The Kier molecular flexibility index (Phi) is 9.47. The smallest absolute Gasteiger partial charge is 0.191 e. The van der Waals surface area contributed by atoms with Crippen molar-refractivity contribution in [3.8, 4) is 0 Å². The molecule has 0 bridgehead atoms. The monoisotopic (exact) mass is 435 g/mol. The van der Waals surface area contributed by atoms with E-state index < -0.39 is 0 Å². The normalized spacial score (nSPS) is 20.9. The minimum atomic E-state index is -0.207. The molecule has 2 rings (SSSR count). The third-order valence-electron chi connectivity index (χ3n) is 4.07. The Morgan fingerprint density at radius 1 is 1.26 bits per heavy atom. The summed E-state index contributed by atoms with van der Waals surface area (Å²) < 4.78 is 12.9. The Hall–Kier alpha value is -0.890. The van der Waals surface area contributed by atoms with E-state index in [2.05, 4.69) is 15.6 Å². The van der Waals surface area contributed by atoms with Crippen molar-refractivity contribution in [2.24, 2.45) is 10.9 Å². The number of guanidine groups is 1. The highest BCUT2D eigenvalue weighted by Gasteiger charge is 2.24. The Bertz CT molecular complexity index is 481. The van der Waals surface area contributed by atoms with Crippen LogP contribution >= 0.6 is 24.0 Å². The van der Waals surface area contributed by atoms with E-state index in [1.807, 2.05) is 6.92 Å². The van der Waals surface area contributed by atoms with E-state index >= 15 is 0 Å². The SMILES string of the molecule is CCNC(=NCC1CCCC1O)NCCc1ccc(F)cc1.I. The number of aliphatic hydroxyl groups is 1. The molecule has 0 spiro atoms. The van der Waals surface area contributed by atoms with Crippen LogP contribution in [0.15, 0.2) is 29.3 Å². The lowest BCUT2D eigenvalue weighted by atomic mass is 10.1. The number of halogens is 2. The van der Waals surface area contributed by atoms with Crippen LogP contribution in [0.1, 0.15) is 31.7 Å². The van der Waals surface area contributed by atoms with Crippen molar-refractivity contribution in [2.75, 3.05) is 19.6 Å². The first-order valence-electron chi connectivity index (χ1n) is 8.13. The number of hydrogen-bond acceptors (Lipinski definition) is 2. The zero-order valence-electron chi connectivity index (χ0n) is 13.6. The lowest BCUT2D eigenvalue weighted by molar-refractivity contribution is 0.136. The predicted molar refractivity (Wildman–Crippen MR) is 103 cm³/mol. The summed E-state index contributed by atoms with van der Waals surface area (Å²) in [6.07, 6.45) is 3.66. The van der Waals surface area contributed by atoms with Crippen LogP contribution in [0.3, 0.4) is 0 Å². The maximum atomic E-state index is 12.9. The molecule has 1 aromatic rings. The van der Waals surface area contributed by atoms with Crippen LogP contribution in [-0.4, -0.2) is 36.8 Å². The summed E-state index contributed by atoms with van der Waals surface area (Å²) in [6.45, 7) is 4.23. The molecule has 4 nitrogen and oxygen atoms in total. The van der Waals surface area contributed by atoms with E-state index in [1.165, 1.54) is 12.1 Å². The summed E-state index contributed by atoms with van der Waals surface area (Å²) in [6, 6.07) is 6.57. The summed E-state index contributed by atoms with van der Waals surface area (Å²) in [5.74, 6) is 0.859. The van der Waals surface area contributed by atoms with Crippen molar-refractivity contribution in [2.45, 2.75) is 38.7 Å². The second kappa shape index (κ2) is 10.8. The molecular formula is C17H27FIN3O. The fraction of sp³-hybridized carbons (Fsp3) is 0.588. The summed E-state index contributed by atoms with van der Waals surface area (Å²) in [5, 5.41) is 16.3. The number of aliphatic hydroxyl groups excluding tert-OH is 1. The van der Waals surface area contributed by atoms with Crippen molar-refractivity contribution in [3.05, 3.63) is 35.6 Å². The van der Waals surface area contributed by atoms with Gasteiger partial charge in [0.1, 0.15) is 5.82 Å². The van der Waals surface area contributed by atoms with E-state index in [4.69, 9.17) is 0 Å². The molecule has 0 amide bonds. The van der Waals surface area contributed by atoms with Gasteiger partial charge >= 0.3 is 0 Å². The highest BCUT2D eigenvalue weighted by atomic mass is 127. The lowest BCUT2D eigenvalue weighted by Crippen LogP contribution is -2.39. The average molecular weight is 435 g/mol. The van der Waals surface area contributed by atoms with Gasteiger partial charge in [0.25, 0.3) is 0 Å². The average Bonchev–Trinajstić information content (AvgIpc) is 2.92. The standard InChI is InChI=1S/C17H26FN3O.HI/c1-2-19-17(21-12-14-4-3-5-16(14)22)20-11-10-13-6-8-15(18)9-7-13;/h6-9,14,16,22H,2-5,10-12H2,1H3,(H2,19,20,21);1H. The van der Waals surface area contributed by atoms with Crippen LogP contribution in [0.2, 0.25) is 0 Å². The molecule has 0 aliphatic heterocycles. The maximum absolute atomic E-state index is 12.9. The third kappa shape index (κ3) is 7.03. The second-order valence-electron chi connectivity index (χ2n) is 5.78. The molecule has 3 N–H and O–H groups in total. The van der Waals surface area contributed by atoms with E-state index in [0.717, 1.165) is 50.3 Å². The molecule has 1 aliphatic carbocycles. The fourth-order valence-corrected chi connectivity index (χ4v) is 2.76. The van der Waals surface area contributed by atoms with Crippen molar-refractivity contribution in [1.82, 2.24) is 10.6 Å². The van der Waals surface area contributed by atoms with E-state index in [-0.39, 0.29) is 41.8 Å². The van der Waals surface area contributed by atoms with Gasteiger partial charge in [-0.25, -0.2) is 4.39 Å². The molecule has 0 radical (unpaired) electrons. The Labute approximate surface area is 155 Å². The number of nitrogens with one attached hydrogen (secondary N) is 2. The van der Waals surface area contributed by atoms with Gasteiger partial charge in [-0.2, -0.15) is 0 Å². The lowest BCUT2D eigenvalue weighted by Gasteiger charge is -2.15. The van der Waals surface area contributed by atoms with E-state index in [1.54, 1.807) is 12.1 Å². The number of nitrogens with zero attached hydrogens (tertiary/aromatic N) is 1. The van der Waals surface area contributed by atoms with Gasteiger partial charge in [0.2, 0.25) is 0 Å². The van der Waals surface area contributed by atoms with E-state index in [9.17, 15) is 9.50 Å². The third-order valence-corrected chi connectivity index (χ3v) is 4.07. The van der Waals surface area contributed by atoms with E-state index in [0.29, 0.717) is 6.54 Å². The van der Waals surface area contributed by atoms with Crippen LogP contribution in [0, 0.1) is 11.7 Å². The molecule has 2 atom stereocenters. The van der Waals surface area contributed by atoms with Crippen molar-refractivity contribution < 1.29 is 9.50 Å². The fourth-order valence-electron chi connectivity index (χ4n) is 2.76. The number of benzene rings is 1. The highest BCUT2D eigenvalue weighted by molar-refractivity contribution is 14.0. The van der Waals surface area contributed by atoms with Crippen molar-refractivity contribution in [3.63, 3.8) is 0 Å². The highest BCUT2D eigenvalue weighted by Crippen LogP contribution is 2.25. The molecule has 6 heteroatoms. The zero-order valence-corrected chi connectivity index (χ0v) is 15.9. The molecule has 1 saturated carbocycles. The summed E-state index contributed by atoms with van der Waals surface area (Å²) in [5.41, 5.74) is 1.09. The quantitative estimate of drug-likeness (QED) is 0.366. The summed E-state index contributed by atoms with van der Waals surface area (Å²) >= 11 is 0. The molecule has 0 aromatic heterocycles. The maximum Gasteiger partial charge on any atom is 0.191 e. The summed E-state index contributed by atoms with van der Waals surface area (Å²) in [7, 11) is 0. The Morgan fingerprint density at radius 3 is 2.61 bits per heavy atom. The minimum absolute atomic E-state index is 0. The first-order valence-corrected chi connectivity index (χ1v) is 8.13.